The third-order valence-electron chi connectivity index (χ3n) is 2.43. The quantitative estimate of drug-likeness (QED) is 0.653. The second kappa shape index (κ2) is 5.20. The Balaban J connectivity index is 1.86. The molecule has 2 rings (SSSR count). The molecule has 1 aliphatic rings. The normalized spacial score (nSPS) is 22.6. The van der Waals surface area contributed by atoms with Crippen molar-refractivity contribution in [1.29, 1.82) is 0 Å². The molecule has 0 radical (unpaired) electrons. The summed E-state index contributed by atoms with van der Waals surface area (Å²) < 4.78 is 11.2. The standard InChI is InChI=1S/C11H17N3O2S/c1-11(2)15-6-8(16-11)5-12-9-4-10(17-3)14-7-13-9/h4,7-8H,5-6H2,1-3H3,(H,12,13,14). The summed E-state index contributed by atoms with van der Waals surface area (Å²) >= 11 is 1.59. The lowest BCUT2D eigenvalue weighted by Crippen LogP contribution is -2.26. The maximum absolute atomic E-state index is 5.69. The van der Waals surface area contributed by atoms with Crippen molar-refractivity contribution in [1.82, 2.24) is 9.97 Å². The van der Waals surface area contributed by atoms with Crippen LogP contribution in [0, 0.1) is 0 Å². The zero-order chi connectivity index (χ0) is 12.3. The first kappa shape index (κ1) is 12.6. The highest BCUT2D eigenvalue weighted by Crippen LogP contribution is 2.22. The van der Waals surface area contributed by atoms with Gasteiger partial charge in [-0.1, -0.05) is 0 Å². The van der Waals surface area contributed by atoms with Crippen LogP contribution in [0.1, 0.15) is 13.8 Å². The second-order valence-electron chi connectivity index (χ2n) is 4.28. The van der Waals surface area contributed by atoms with E-state index in [1.807, 2.05) is 26.2 Å². The zero-order valence-corrected chi connectivity index (χ0v) is 11.1. The van der Waals surface area contributed by atoms with Crippen molar-refractivity contribution in [2.45, 2.75) is 30.8 Å². The van der Waals surface area contributed by atoms with Crippen LogP contribution in [-0.4, -0.2) is 41.3 Å². The van der Waals surface area contributed by atoms with Crippen molar-refractivity contribution in [3.8, 4) is 0 Å². The van der Waals surface area contributed by atoms with Crippen molar-refractivity contribution < 1.29 is 9.47 Å². The van der Waals surface area contributed by atoms with E-state index >= 15 is 0 Å². The number of nitrogens with one attached hydrogen (secondary N) is 1. The minimum Gasteiger partial charge on any atom is -0.367 e. The fraction of sp³-hybridized carbons (Fsp3) is 0.636. The summed E-state index contributed by atoms with van der Waals surface area (Å²) in [6.45, 7) is 5.14. The van der Waals surface area contributed by atoms with E-state index in [1.54, 1.807) is 18.1 Å². The minimum atomic E-state index is -0.470. The van der Waals surface area contributed by atoms with Gasteiger partial charge in [-0.3, -0.25) is 0 Å². The molecule has 0 aromatic carbocycles. The van der Waals surface area contributed by atoms with Gasteiger partial charge in [0.1, 0.15) is 23.3 Å². The average molecular weight is 255 g/mol. The molecule has 0 amide bonds. The Morgan fingerprint density at radius 1 is 1.53 bits per heavy atom. The van der Waals surface area contributed by atoms with Gasteiger partial charge in [0.05, 0.1) is 6.61 Å². The van der Waals surface area contributed by atoms with E-state index in [4.69, 9.17) is 9.47 Å². The van der Waals surface area contributed by atoms with Gasteiger partial charge in [-0.15, -0.1) is 11.8 Å². The molecule has 6 heteroatoms. The third kappa shape index (κ3) is 3.55. The molecular formula is C11H17N3O2S. The van der Waals surface area contributed by atoms with Gasteiger partial charge in [-0.25, -0.2) is 9.97 Å². The van der Waals surface area contributed by atoms with E-state index in [2.05, 4.69) is 15.3 Å². The van der Waals surface area contributed by atoms with Gasteiger partial charge in [-0.2, -0.15) is 0 Å². The molecule has 5 nitrogen and oxygen atoms in total. The molecule has 1 unspecified atom stereocenters. The zero-order valence-electron chi connectivity index (χ0n) is 10.3. The lowest BCUT2D eigenvalue weighted by Gasteiger charge is -2.17. The van der Waals surface area contributed by atoms with Gasteiger partial charge >= 0.3 is 0 Å². The summed E-state index contributed by atoms with van der Waals surface area (Å²) in [4.78, 5) is 8.27. The molecule has 0 saturated carbocycles. The number of aromatic nitrogens is 2. The first-order valence-electron chi connectivity index (χ1n) is 5.51. The molecule has 94 valence electrons. The van der Waals surface area contributed by atoms with Crippen LogP contribution in [0.4, 0.5) is 5.82 Å². The highest BCUT2D eigenvalue weighted by molar-refractivity contribution is 7.98. The second-order valence-corrected chi connectivity index (χ2v) is 5.10. The summed E-state index contributed by atoms with van der Waals surface area (Å²) in [5.74, 6) is 0.347. The lowest BCUT2D eigenvalue weighted by atomic mass is 10.3. The number of nitrogens with zero attached hydrogens (tertiary/aromatic N) is 2. The van der Waals surface area contributed by atoms with Crippen molar-refractivity contribution in [2.75, 3.05) is 24.7 Å². The molecule has 1 atom stereocenters. The van der Waals surface area contributed by atoms with Gasteiger partial charge in [0.25, 0.3) is 0 Å². The van der Waals surface area contributed by atoms with Crippen LogP contribution >= 0.6 is 11.8 Å². The van der Waals surface area contributed by atoms with E-state index in [1.165, 1.54) is 0 Å². The van der Waals surface area contributed by atoms with Gasteiger partial charge in [0.15, 0.2) is 5.79 Å². The van der Waals surface area contributed by atoms with Crippen molar-refractivity contribution in [3.05, 3.63) is 12.4 Å². The Bertz CT molecular complexity index is 387. The maximum Gasteiger partial charge on any atom is 0.163 e. The van der Waals surface area contributed by atoms with E-state index in [9.17, 15) is 0 Å². The van der Waals surface area contributed by atoms with Crippen LogP contribution < -0.4 is 5.32 Å². The number of hydrogen-bond donors (Lipinski definition) is 1. The van der Waals surface area contributed by atoms with E-state index < -0.39 is 5.79 Å². The summed E-state index contributed by atoms with van der Waals surface area (Å²) in [7, 11) is 0. The maximum atomic E-state index is 5.69. The highest BCUT2D eigenvalue weighted by Gasteiger charge is 2.32. The van der Waals surface area contributed by atoms with Crippen molar-refractivity contribution >= 4 is 17.6 Å². The fourth-order valence-corrected chi connectivity index (χ4v) is 2.01. The van der Waals surface area contributed by atoms with Gasteiger partial charge in [0, 0.05) is 12.6 Å². The van der Waals surface area contributed by atoms with E-state index in [0.717, 1.165) is 10.8 Å². The van der Waals surface area contributed by atoms with Crippen LogP contribution in [0.3, 0.4) is 0 Å². The molecule has 0 aliphatic carbocycles. The Kier molecular flexibility index (Phi) is 3.86. The molecule has 1 fully saturated rings. The summed E-state index contributed by atoms with van der Waals surface area (Å²) in [6, 6.07) is 1.92. The Labute approximate surface area is 105 Å². The number of anilines is 1. The van der Waals surface area contributed by atoms with Crippen LogP contribution in [0.5, 0.6) is 0 Å². The summed E-state index contributed by atoms with van der Waals surface area (Å²) in [6.07, 6.45) is 3.62. The molecule has 2 heterocycles. The number of ether oxygens (including phenoxy) is 2. The SMILES string of the molecule is CSc1cc(NCC2COC(C)(C)O2)ncn1. The molecular weight excluding hydrogens is 238 g/mol. The van der Waals surface area contributed by atoms with Gasteiger partial charge in [-0.05, 0) is 20.1 Å². The number of hydrogen-bond acceptors (Lipinski definition) is 6. The topological polar surface area (TPSA) is 56.3 Å². The smallest absolute Gasteiger partial charge is 0.163 e. The molecule has 1 aromatic rings. The molecule has 1 saturated heterocycles. The molecule has 1 aromatic heterocycles. The minimum absolute atomic E-state index is 0.0673. The van der Waals surface area contributed by atoms with Crippen LogP contribution in [0.2, 0.25) is 0 Å². The van der Waals surface area contributed by atoms with Crippen molar-refractivity contribution in [3.63, 3.8) is 0 Å². The van der Waals surface area contributed by atoms with E-state index in [-0.39, 0.29) is 6.10 Å². The molecule has 0 bridgehead atoms. The van der Waals surface area contributed by atoms with Gasteiger partial charge in [0.2, 0.25) is 0 Å². The monoisotopic (exact) mass is 255 g/mol. The lowest BCUT2D eigenvalue weighted by molar-refractivity contribution is -0.136. The Morgan fingerprint density at radius 2 is 2.35 bits per heavy atom. The predicted octanol–water partition coefficient (Wildman–Crippen LogP) is 1.76. The van der Waals surface area contributed by atoms with Gasteiger partial charge < -0.3 is 14.8 Å². The number of thioether (sulfide) groups is 1. The average Bonchev–Trinajstić information content (AvgIpc) is 2.67. The fourth-order valence-electron chi connectivity index (χ4n) is 1.63. The molecule has 0 spiro atoms. The predicted molar refractivity (Wildman–Crippen MR) is 67.2 cm³/mol. The van der Waals surface area contributed by atoms with Crippen LogP contribution in [0.25, 0.3) is 0 Å². The first-order chi connectivity index (χ1) is 8.09. The largest absolute Gasteiger partial charge is 0.367 e. The van der Waals surface area contributed by atoms with Crippen LogP contribution in [-0.2, 0) is 9.47 Å². The molecule has 1 N–H and O–H groups in total. The molecule has 17 heavy (non-hydrogen) atoms. The first-order valence-corrected chi connectivity index (χ1v) is 6.73. The summed E-state index contributed by atoms with van der Waals surface area (Å²) in [5, 5.41) is 4.18. The van der Waals surface area contributed by atoms with Crippen LogP contribution in [0.15, 0.2) is 17.4 Å². The Hall–Kier alpha value is -0.850. The summed E-state index contributed by atoms with van der Waals surface area (Å²) in [5.41, 5.74) is 0. The Morgan fingerprint density at radius 3 is 3.00 bits per heavy atom. The van der Waals surface area contributed by atoms with Crippen molar-refractivity contribution in [2.24, 2.45) is 0 Å². The van der Waals surface area contributed by atoms with E-state index in [0.29, 0.717) is 13.2 Å². The molecule has 1 aliphatic heterocycles. The third-order valence-corrected chi connectivity index (χ3v) is 3.07. The number of rotatable bonds is 4. The highest BCUT2D eigenvalue weighted by atomic mass is 32.2.